The molecule has 1 rings (SSSR count). The Balaban J connectivity index is 2.41. The largest absolute Gasteiger partial charge is 0.481 e. The van der Waals surface area contributed by atoms with E-state index in [9.17, 15) is 14.9 Å². The molecule has 7 heteroatoms. The topological polar surface area (TPSA) is 105 Å². The minimum absolute atomic E-state index is 0.00498. The number of hydrogen-bond acceptors (Lipinski definition) is 5. The highest BCUT2D eigenvalue weighted by Crippen LogP contribution is 2.18. The van der Waals surface area contributed by atoms with Gasteiger partial charge in [0.15, 0.2) is 0 Å². The Bertz CT molecular complexity index is 491. The number of rotatable bonds is 8. The van der Waals surface area contributed by atoms with E-state index in [4.69, 9.17) is 5.11 Å². The second-order valence-corrected chi connectivity index (χ2v) is 4.81. The number of nitrogens with zero attached hydrogens (tertiary/aromatic N) is 2. The molecule has 1 aromatic rings. The number of aliphatic carboxylic acids is 1. The zero-order valence-corrected chi connectivity index (χ0v) is 11.6. The van der Waals surface area contributed by atoms with E-state index < -0.39 is 10.9 Å². The van der Waals surface area contributed by atoms with Crippen molar-refractivity contribution in [3.05, 3.63) is 27.9 Å². The van der Waals surface area contributed by atoms with Gasteiger partial charge in [-0.25, -0.2) is 4.98 Å². The molecule has 0 aliphatic carbocycles. The van der Waals surface area contributed by atoms with Crippen molar-refractivity contribution in [1.82, 2.24) is 4.98 Å². The van der Waals surface area contributed by atoms with Crippen LogP contribution in [0.1, 0.15) is 31.9 Å². The van der Waals surface area contributed by atoms with Crippen LogP contribution in [-0.4, -0.2) is 27.5 Å². The molecular weight excluding hydrogens is 262 g/mol. The minimum Gasteiger partial charge on any atom is -0.481 e. The number of nitro groups is 1. The lowest BCUT2D eigenvalue weighted by molar-refractivity contribution is -0.385. The van der Waals surface area contributed by atoms with Gasteiger partial charge in [0.2, 0.25) is 0 Å². The minimum atomic E-state index is -0.780. The maximum absolute atomic E-state index is 10.7. The second-order valence-electron chi connectivity index (χ2n) is 4.81. The number of hydrogen-bond donors (Lipinski definition) is 2. The molecule has 110 valence electrons. The van der Waals surface area contributed by atoms with Gasteiger partial charge in [-0.15, -0.1) is 0 Å². The van der Waals surface area contributed by atoms with Gasteiger partial charge in [0.25, 0.3) is 5.69 Å². The average Bonchev–Trinajstić information content (AvgIpc) is 2.36. The fourth-order valence-electron chi connectivity index (χ4n) is 1.81. The first-order chi connectivity index (χ1) is 9.40. The van der Waals surface area contributed by atoms with Gasteiger partial charge in [0.05, 0.1) is 4.92 Å². The van der Waals surface area contributed by atoms with E-state index >= 15 is 0 Å². The van der Waals surface area contributed by atoms with E-state index in [-0.39, 0.29) is 12.1 Å². The van der Waals surface area contributed by atoms with Crippen LogP contribution in [0, 0.1) is 23.0 Å². The number of aromatic nitrogens is 1. The molecule has 7 nitrogen and oxygen atoms in total. The van der Waals surface area contributed by atoms with Crippen molar-refractivity contribution in [2.75, 3.05) is 11.9 Å². The van der Waals surface area contributed by atoms with Crippen molar-refractivity contribution in [3.8, 4) is 0 Å². The van der Waals surface area contributed by atoms with Crippen LogP contribution < -0.4 is 5.32 Å². The SMILES string of the molecule is Cc1nc(NCCC(C)CCC(=O)O)ccc1[N+](=O)[O-]. The average molecular weight is 281 g/mol. The highest BCUT2D eigenvalue weighted by Gasteiger charge is 2.11. The lowest BCUT2D eigenvalue weighted by Gasteiger charge is -2.11. The smallest absolute Gasteiger partial charge is 0.303 e. The van der Waals surface area contributed by atoms with Crippen molar-refractivity contribution in [2.45, 2.75) is 33.1 Å². The first kappa shape index (κ1) is 15.9. The van der Waals surface area contributed by atoms with Crippen LogP contribution in [-0.2, 0) is 4.79 Å². The monoisotopic (exact) mass is 281 g/mol. The lowest BCUT2D eigenvalue weighted by atomic mass is 10.0. The maximum atomic E-state index is 10.7. The molecule has 1 unspecified atom stereocenters. The Kier molecular flexibility index (Phi) is 5.89. The molecular formula is C13H19N3O4. The zero-order chi connectivity index (χ0) is 15.1. The Morgan fingerprint density at radius 1 is 1.50 bits per heavy atom. The summed E-state index contributed by atoms with van der Waals surface area (Å²) in [5, 5.41) is 22.3. The van der Waals surface area contributed by atoms with Crippen molar-refractivity contribution >= 4 is 17.5 Å². The summed E-state index contributed by atoms with van der Waals surface area (Å²) in [6, 6.07) is 3.01. The third kappa shape index (κ3) is 5.21. The Morgan fingerprint density at radius 3 is 2.75 bits per heavy atom. The van der Waals surface area contributed by atoms with E-state index in [0.29, 0.717) is 30.4 Å². The van der Waals surface area contributed by atoms with Crippen LogP contribution in [0.2, 0.25) is 0 Å². The maximum Gasteiger partial charge on any atom is 0.303 e. The third-order valence-electron chi connectivity index (χ3n) is 3.05. The Labute approximate surface area is 117 Å². The molecule has 0 aromatic carbocycles. The van der Waals surface area contributed by atoms with Crippen LogP contribution in [0.15, 0.2) is 12.1 Å². The number of nitrogens with one attached hydrogen (secondary N) is 1. The van der Waals surface area contributed by atoms with Gasteiger partial charge in [0.1, 0.15) is 11.5 Å². The van der Waals surface area contributed by atoms with Crippen LogP contribution in [0.4, 0.5) is 11.5 Å². The third-order valence-corrected chi connectivity index (χ3v) is 3.05. The summed E-state index contributed by atoms with van der Waals surface area (Å²) in [4.78, 5) is 24.8. The molecule has 1 aromatic heterocycles. The molecule has 0 radical (unpaired) electrons. The summed E-state index contributed by atoms with van der Waals surface area (Å²) in [5.74, 6) is 0.119. The first-order valence-electron chi connectivity index (χ1n) is 6.48. The number of pyridine rings is 1. The number of carboxylic acid groups (broad SMARTS) is 1. The summed E-state index contributed by atoms with van der Waals surface area (Å²) in [6.07, 6.45) is 1.64. The second kappa shape index (κ2) is 7.42. The number of anilines is 1. The van der Waals surface area contributed by atoms with Gasteiger partial charge in [-0.2, -0.15) is 0 Å². The molecule has 0 saturated heterocycles. The zero-order valence-electron chi connectivity index (χ0n) is 11.6. The van der Waals surface area contributed by atoms with Crippen molar-refractivity contribution in [2.24, 2.45) is 5.92 Å². The van der Waals surface area contributed by atoms with E-state index in [1.54, 1.807) is 13.0 Å². The number of carboxylic acids is 1. The molecule has 0 amide bonds. The Morgan fingerprint density at radius 2 is 2.20 bits per heavy atom. The summed E-state index contributed by atoms with van der Waals surface area (Å²) < 4.78 is 0. The molecule has 0 aliphatic heterocycles. The van der Waals surface area contributed by atoms with E-state index in [1.807, 2.05) is 6.92 Å². The molecule has 0 spiro atoms. The van der Waals surface area contributed by atoms with Crippen LogP contribution in [0.5, 0.6) is 0 Å². The molecule has 1 heterocycles. The van der Waals surface area contributed by atoms with Crippen LogP contribution in [0.25, 0.3) is 0 Å². The Hall–Kier alpha value is -2.18. The molecule has 0 saturated carbocycles. The standard InChI is InChI=1S/C13H19N3O4/c1-9(3-6-13(17)18)7-8-14-12-5-4-11(16(19)20)10(2)15-12/h4-5,9H,3,6-8H2,1-2H3,(H,14,15)(H,17,18). The summed E-state index contributed by atoms with van der Waals surface area (Å²) in [5.41, 5.74) is 0.379. The van der Waals surface area contributed by atoms with Crippen molar-refractivity contribution in [3.63, 3.8) is 0 Å². The molecule has 0 aliphatic rings. The summed E-state index contributed by atoms with van der Waals surface area (Å²) >= 11 is 0. The predicted octanol–water partition coefficient (Wildman–Crippen LogP) is 2.60. The predicted molar refractivity (Wildman–Crippen MR) is 74.8 cm³/mol. The van der Waals surface area contributed by atoms with Crippen LogP contribution >= 0.6 is 0 Å². The highest BCUT2D eigenvalue weighted by molar-refractivity contribution is 5.66. The van der Waals surface area contributed by atoms with Crippen molar-refractivity contribution < 1.29 is 14.8 Å². The highest BCUT2D eigenvalue weighted by atomic mass is 16.6. The molecule has 0 fully saturated rings. The molecule has 0 bridgehead atoms. The number of aryl methyl sites for hydroxylation is 1. The van der Waals surface area contributed by atoms with E-state index in [0.717, 1.165) is 6.42 Å². The summed E-state index contributed by atoms with van der Waals surface area (Å²) in [7, 11) is 0. The number of carbonyl (C=O) groups is 1. The van der Waals surface area contributed by atoms with E-state index in [1.165, 1.54) is 6.07 Å². The quantitative estimate of drug-likeness (QED) is 0.560. The molecule has 2 N–H and O–H groups in total. The fraction of sp³-hybridized carbons (Fsp3) is 0.538. The lowest BCUT2D eigenvalue weighted by Crippen LogP contribution is -2.09. The first-order valence-corrected chi connectivity index (χ1v) is 6.48. The van der Waals surface area contributed by atoms with Gasteiger partial charge in [-0.05, 0) is 31.7 Å². The van der Waals surface area contributed by atoms with Gasteiger partial charge in [-0.1, -0.05) is 6.92 Å². The van der Waals surface area contributed by atoms with Crippen LogP contribution in [0.3, 0.4) is 0 Å². The van der Waals surface area contributed by atoms with Gasteiger partial charge < -0.3 is 10.4 Å². The molecule has 1 atom stereocenters. The summed E-state index contributed by atoms with van der Waals surface area (Å²) in [6.45, 7) is 4.25. The van der Waals surface area contributed by atoms with E-state index in [2.05, 4.69) is 10.3 Å². The normalized spacial score (nSPS) is 11.9. The fourth-order valence-corrected chi connectivity index (χ4v) is 1.81. The van der Waals surface area contributed by atoms with Crippen molar-refractivity contribution in [1.29, 1.82) is 0 Å². The van der Waals surface area contributed by atoms with Gasteiger partial charge in [-0.3, -0.25) is 14.9 Å². The molecule has 20 heavy (non-hydrogen) atoms. The van der Waals surface area contributed by atoms with Gasteiger partial charge >= 0.3 is 5.97 Å². The van der Waals surface area contributed by atoms with Gasteiger partial charge in [0, 0.05) is 19.0 Å².